The maximum absolute atomic E-state index is 4.34. The quantitative estimate of drug-likeness (QED) is 0.848. The van der Waals surface area contributed by atoms with E-state index < -0.39 is 0 Å². The fourth-order valence-electron chi connectivity index (χ4n) is 2.60. The van der Waals surface area contributed by atoms with Gasteiger partial charge in [-0.2, -0.15) is 0 Å². The molecule has 1 aromatic rings. The smallest absolute Gasteiger partial charge is 0.0951 e. The zero-order chi connectivity index (χ0) is 12.3. The van der Waals surface area contributed by atoms with Crippen LogP contribution in [-0.2, 0) is 0 Å². The van der Waals surface area contributed by atoms with Crippen LogP contribution in [0.15, 0.2) is 12.5 Å². The van der Waals surface area contributed by atoms with E-state index in [1.54, 1.807) is 0 Å². The molecule has 17 heavy (non-hydrogen) atoms. The third-order valence-corrected chi connectivity index (χ3v) is 3.75. The molecule has 0 aromatic carbocycles. The van der Waals surface area contributed by atoms with E-state index in [0.717, 1.165) is 12.5 Å². The maximum atomic E-state index is 4.34. The molecule has 2 atom stereocenters. The predicted octanol–water partition coefficient (Wildman–Crippen LogP) is 3.30. The van der Waals surface area contributed by atoms with Crippen LogP contribution in [0.25, 0.3) is 0 Å². The molecule has 1 saturated heterocycles. The van der Waals surface area contributed by atoms with Gasteiger partial charge in [-0.3, -0.25) is 0 Å². The largest absolute Gasteiger partial charge is 0.330 e. The van der Waals surface area contributed by atoms with Crippen molar-refractivity contribution in [2.75, 3.05) is 6.54 Å². The van der Waals surface area contributed by atoms with E-state index in [-0.39, 0.29) is 0 Å². The van der Waals surface area contributed by atoms with Crippen LogP contribution in [0.5, 0.6) is 0 Å². The van der Waals surface area contributed by atoms with Crippen LogP contribution in [0, 0.1) is 5.92 Å². The summed E-state index contributed by atoms with van der Waals surface area (Å²) in [5.74, 6) is 0.786. The highest BCUT2D eigenvalue weighted by atomic mass is 15.1. The second-order valence-electron chi connectivity index (χ2n) is 5.69. The van der Waals surface area contributed by atoms with Crippen LogP contribution >= 0.6 is 0 Å². The van der Waals surface area contributed by atoms with Gasteiger partial charge in [-0.1, -0.05) is 13.8 Å². The van der Waals surface area contributed by atoms with Gasteiger partial charge in [0.15, 0.2) is 0 Å². The summed E-state index contributed by atoms with van der Waals surface area (Å²) in [4.78, 5) is 4.34. The summed E-state index contributed by atoms with van der Waals surface area (Å²) in [5.41, 5.74) is 1.37. The molecule has 1 aliphatic heterocycles. The van der Waals surface area contributed by atoms with Crippen molar-refractivity contribution < 1.29 is 0 Å². The van der Waals surface area contributed by atoms with Gasteiger partial charge in [0.2, 0.25) is 0 Å². The lowest BCUT2D eigenvalue weighted by molar-refractivity contribution is 0.419. The highest BCUT2D eigenvalue weighted by Crippen LogP contribution is 2.26. The Morgan fingerprint density at radius 2 is 2.24 bits per heavy atom. The van der Waals surface area contributed by atoms with Gasteiger partial charge in [0.05, 0.1) is 12.0 Å². The molecule has 1 aliphatic rings. The summed E-state index contributed by atoms with van der Waals surface area (Å²) in [5, 5.41) is 3.56. The van der Waals surface area contributed by atoms with Crippen molar-refractivity contribution in [3.63, 3.8) is 0 Å². The van der Waals surface area contributed by atoms with Crippen LogP contribution in [-0.4, -0.2) is 16.1 Å². The molecule has 1 unspecified atom stereocenters. The molecule has 0 radical (unpaired) electrons. The van der Waals surface area contributed by atoms with Crippen LogP contribution in [0.1, 0.15) is 64.2 Å². The van der Waals surface area contributed by atoms with Crippen molar-refractivity contribution in [2.24, 2.45) is 5.92 Å². The molecule has 0 aliphatic carbocycles. The van der Waals surface area contributed by atoms with Crippen LogP contribution < -0.4 is 5.32 Å². The van der Waals surface area contributed by atoms with Gasteiger partial charge in [0.25, 0.3) is 0 Å². The third-order valence-electron chi connectivity index (χ3n) is 3.75. The van der Waals surface area contributed by atoms with Gasteiger partial charge < -0.3 is 9.88 Å². The van der Waals surface area contributed by atoms with Crippen molar-refractivity contribution in [2.45, 2.75) is 58.5 Å². The summed E-state index contributed by atoms with van der Waals surface area (Å²) < 4.78 is 2.37. The Kier molecular flexibility index (Phi) is 4.21. The number of imidazole rings is 1. The molecule has 1 N–H and O–H groups in total. The first-order chi connectivity index (χ1) is 8.18. The first kappa shape index (κ1) is 12.6. The molecular formula is C14H25N3. The lowest BCUT2D eigenvalue weighted by Gasteiger charge is -2.20. The standard InChI is InChI=1S/C14H25N3/c1-11(2)6-7-12(3)17-10-15-9-14(17)13-5-4-8-16-13/h9-13,16H,4-8H2,1-3H3/t12?,13-/m0/s1. The first-order valence-corrected chi connectivity index (χ1v) is 6.93. The summed E-state index contributed by atoms with van der Waals surface area (Å²) in [6.45, 7) is 8.04. The van der Waals surface area contributed by atoms with Crippen molar-refractivity contribution in [3.8, 4) is 0 Å². The second-order valence-corrected chi connectivity index (χ2v) is 5.69. The van der Waals surface area contributed by atoms with Gasteiger partial charge in [-0.15, -0.1) is 0 Å². The van der Waals surface area contributed by atoms with E-state index in [4.69, 9.17) is 0 Å². The Labute approximate surface area is 105 Å². The normalized spacial score (nSPS) is 22.2. The Balaban J connectivity index is 2.02. The second kappa shape index (κ2) is 5.67. The Morgan fingerprint density at radius 1 is 1.41 bits per heavy atom. The van der Waals surface area contributed by atoms with Crippen LogP contribution in [0.3, 0.4) is 0 Å². The van der Waals surface area contributed by atoms with Gasteiger partial charge in [0, 0.05) is 18.3 Å². The molecule has 1 fully saturated rings. The number of hydrogen-bond acceptors (Lipinski definition) is 2. The summed E-state index contributed by atoms with van der Waals surface area (Å²) in [6, 6.07) is 1.09. The van der Waals surface area contributed by atoms with Gasteiger partial charge in [-0.25, -0.2) is 4.98 Å². The fraction of sp³-hybridized carbons (Fsp3) is 0.786. The molecule has 0 spiro atoms. The number of nitrogens with one attached hydrogen (secondary N) is 1. The van der Waals surface area contributed by atoms with E-state index >= 15 is 0 Å². The van der Waals surface area contributed by atoms with Gasteiger partial charge >= 0.3 is 0 Å². The average Bonchev–Trinajstić information content (AvgIpc) is 2.94. The minimum absolute atomic E-state index is 0.527. The molecule has 3 nitrogen and oxygen atoms in total. The van der Waals surface area contributed by atoms with E-state index in [9.17, 15) is 0 Å². The molecule has 0 amide bonds. The minimum atomic E-state index is 0.527. The summed E-state index contributed by atoms with van der Waals surface area (Å²) in [6.07, 6.45) is 9.11. The highest BCUT2D eigenvalue weighted by molar-refractivity contribution is 5.08. The van der Waals surface area contributed by atoms with E-state index in [1.807, 2.05) is 12.5 Å². The van der Waals surface area contributed by atoms with Crippen molar-refractivity contribution in [1.29, 1.82) is 0 Å². The molecule has 3 heteroatoms. The third kappa shape index (κ3) is 3.09. The zero-order valence-corrected chi connectivity index (χ0v) is 11.3. The average molecular weight is 235 g/mol. The lowest BCUT2D eigenvalue weighted by Crippen LogP contribution is -2.18. The van der Waals surface area contributed by atoms with Crippen molar-refractivity contribution >= 4 is 0 Å². The fourth-order valence-corrected chi connectivity index (χ4v) is 2.60. The summed E-state index contributed by atoms with van der Waals surface area (Å²) >= 11 is 0. The number of hydrogen-bond donors (Lipinski definition) is 1. The molecule has 96 valence electrons. The SMILES string of the molecule is CC(C)CCC(C)n1cncc1[C@@H]1CCCN1. The van der Waals surface area contributed by atoms with Crippen molar-refractivity contribution in [3.05, 3.63) is 18.2 Å². The zero-order valence-electron chi connectivity index (χ0n) is 11.3. The van der Waals surface area contributed by atoms with E-state index in [0.29, 0.717) is 12.1 Å². The molecule has 2 heterocycles. The molecule has 0 bridgehead atoms. The summed E-state index contributed by atoms with van der Waals surface area (Å²) in [7, 11) is 0. The topological polar surface area (TPSA) is 29.9 Å². The number of rotatable bonds is 5. The maximum Gasteiger partial charge on any atom is 0.0951 e. The highest BCUT2D eigenvalue weighted by Gasteiger charge is 2.21. The number of nitrogens with zero attached hydrogens (tertiary/aromatic N) is 2. The molecule has 2 rings (SSSR count). The van der Waals surface area contributed by atoms with E-state index in [2.05, 4.69) is 35.6 Å². The van der Waals surface area contributed by atoms with Gasteiger partial charge in [0.1, 0.15) is 0 Å². The first-order valence-electron chi connectivity index (χ1n) is 6.93. The Morgan fingerprint density at radius 3 is 2.88 bits per heavy atom. The van der Waals surface area contributed by atoms with Crippen LogP contribution in [0.2, 0.25) is 0 Å². The Hall–Kier alpha value is -0.830. The van der Waals surface area contributed by atoms with Crippen molar-refractivity contribution in [1.82, 2.24) is 14.9 Å². The van der Waals surface area contributed by atoms with Gasteiger partial charge in [-0.05, 0) is 45.1 Å². The molecular weight excluding hydrogens is 210 g/mol. The molecule has 0 saturated carbocycles. The van der Waals surface area contributed by atoms with Crippen LogP contribution in [0.4, 0.5) is 0 Å². The van der Waals surface area contributed by atoms with E-state index in [1.165, 1.54) is 31.4 Å². The molecule has 1 aromatic heterocycles. The predicted molar refractivity (Wildman–Crippen MR) is 71.0 cm³/mol. The Bertz CT molecular complexity index is 337. The monoisotopic (exact) mass is 235 g/mol. The number of aromatic nitrogens is 2. The lowest BCUT2D eigenvalue weighted by atomic mass is 10.0. The minimum Gasteiger partial charge on any atom is -0.330 e.